The summed E-state index contributed by atoms with van der Waals surface area (Å²) in [4.78, 5) is 4.13. The van der Waals surface area contributed by atoms with Crippen molar-refractivity contribution in [3.8, 4) is 11.1 Å². The van der Waals surface area contributed by atoms with Crippen LogP contribution in [-0.4, -0.2) is 40.6 Å². The summed E-state index contributed by atoms with van der Waals surface area (Å²) in [5.41, 5.74) is 4.87. The minimum atomic E-state index is -3.21. The Morgan fingerprint density at radius 3 is 2.47 bits per heavy atom. The molecule has 1 atom stereocenters. The smallest absolute Gasteiger partial charge is 0.216 e. The van der Waals surface area contributed by atoms with E-state index in [0.29, 0.717) is 19.0 Å². The van der Waals surface area contributed by atoms with Crippen molar-refractivity contribution in [1.29, 1.82) is 0 Å². The van der Waals surface area contributed by atoms with E-state index in [1.807, 2.05) is 24.5 Å². The molecule has 1 saturated heterocycles. The third-order valence-electron chi connectivity index (χ3n) is 6.03. The van der Waals surface area contributed by atoms with Gasteiger partial charge in [-0.1, -0.05) is 19.9 Å². The summed E-state index contributed by atoms with van der Waals surface area (Å²) in [5, 5.41) is 0.889. The molecule has 5 nitrogen and oxygen atoms in total. The standard InChI is InChI=1S/C24H31N3O2S/c1-17(2)13-21-15-27(22-9-12-26(16-22)30(28,29)18(3)4)24-6-5-20(14-23(21)24)19-7-10-25-11-8-19/h5-8,10-11,14-15,17-18,22H,9,12-13,16H2,1-4H3. The SMILES string of the molecule is CC(C)Cc1cn(C2CCN(S(=O)(=O)C(C)C)C2)c2ccc(-c3ccncc3)cc12. The van der Waals surface area contributed by atoms with Gasteiger partial charge in [-0.05, 0) is 73.6 Å². The van der Waals surface area contributed by atoms with Crippen molar-refractivity contribution in [3.05, 3.63) is 54.5 Å². The average molecular weight is 426 g/mol. The Bertz CT molecular complexity index is 1130. The highest BCUT2D eigenvalue weighted by Crippen LogP contribution is 2.34. The van der Waals surface area contributed by atoms with Gasteiger partial charge in [0, 0.05) is 48.6 Å². The number of sulfonamides is 1. The normalized spacial score (nSPS) is 18.1. The lowest BCUT2D eigenvalue weighted by Crippen LogP contribution is -2.34. The molecule has 1 fully saturated rings. The van der Waals surface area contributed by atoms with Crippen LogP contribution in [0.5, 0.6) is 0 Å². The molecule has 1 aliphatic rings. The van der Waals surface area contributed by atoms with Gasteiger partial charge in [-0.2, -0.15) is 4.31 Å². The molecule has 3 heterocycles. The van der Waals surface area contributed by atoms with Crippen molar-refractivity contribution in [1.82, 2.24) is 13.9 Å². The summed E-state index contributed by atoms with van der Waals surface area (Å²) >= 11 is 0. The number of nitrogens with zero attached hydrogens (tertiary/aromatic N) is 3. The molecular weight excluding hydrogens is 394 g/mol. The fraction of sp³-hybridized carbons (Fsp3) is 0.458. The monoisotopic (exact) mass is 425 g/mol. The van der Waals surface area contributed by atoms with Gasteiger partial charge in [-0.15, -0.1) is 0 Å². The maximum absolute atomic E-state index is 12.6. The highest BCUT2D eigenvalue weighted by Gasteiger charge is 2.34. The second-order valence-electron chi connectivity index (χ2n) is 9.02. The molecule has 1 unspecified atom stereocenters. The van der Waals surface area contributed by atoms with Crippen molar-refractivity contribution in [2.24, 2.45) is 5.92 Å². The summed E-state index contributed by atoms with van der Waals surface area (Å²) in [6, 6.07) is 10.9. The van der Waals surface area contributed by atoms with Gasteiger partial charge in [0.2, 0.25) is 10.0 Å². The molecule has 2 aromatic heterocycles. The third-order valence-corrected chi connectivity index (χ3v) is 8.28. The molecular formula is C24H31N3O2S. The molecule has 160 valence electrons. The first-order chi connectivity index (χ1) is 14.3. The zero-order valence-electron chi connectivity index (χ0n) is 18.2. The van der Waals surface area contributed by atoms with Gasteiger partial charge < -0.3 is 4.57 Å². The average Bonchev–Trinajstić information content (AvgIpc) is 3.33. The van der Waals surface area contributed by atoms with Crippen LogP contribution in [-0.2, 0) is 16.4 Å². The molecule has 0 N–H and O–H groups in total. The van der Waals surface area contributed by atoms with Gasteiger partial charge >= 0.3 is 0 Å². The van der Waals surface area contributed by atoms with E-state index in [1.54, 1.807) is 18.2 Å². The van der Waals surface area contributed by atoms with Gasteiger partial charge in [0.15, 0.2) is 0 Å². The van der Waals surface area contributed by atoms with E-state index < -0.39 is 10.0 Å². The van der Waals surface area contributed by atoms with E-state index in [0.717, 1.165) is 18.4 Å². The van der Waals surface area contributed by atoms with Gasteiger partial charge in [-0.3, -0.25) is 4.98 Å². The minimum absolute atomic E-state index is 0.175. The molecule has 0 bridgehead atoms. The third kappa shape index (κ3) is 3.91. The number of fused-ring (bicyclic) bond motifs is 1. The Kier molecular flexibility index (Phi) is 5.73. The lowest BCUT2D eigenvalue weighted by atomic mass is 9.99. The van der Waals surface area contributed by atoms with E-state index in [1.165, 1.54) is 22.0 Å². The van der Waals surface area contributed by atoms with Crippen LogP contribution in [0, 0.1) is 5.92 Å². The fourth-order valence-electron chi connectivity index (χ4n) is 4.42. The second-order valence-corrected chi connectivity index (χ2v) is 11.5. The summed E-state index contributed by atoms with van der Waals surface area (Å²) < 4.78 is 29.3. The van der Waals surface area contributed by atoms with Crippen LogP contribution in [0.25, 0.3) is 22.0 Å². The summed E-state index contributed by atoms with van der Waals surface area (Å²) in [5.74, 6) is 0.551. The molecule has 1 aliphatic heterocycles. The minimum Gasteiger partial charge on any atom is -0.343 e. The number of aromatic nitrogens is 2. The Hall–Kier alpha value is -2.18. The molecule has 6 heteroatoms. The predicted octanol–water partition coefficient (Wildman–Crippen LogP) is 4.89. The van der Waals surface area contributed by atoms with Gasteiger partial charge in [-0.25, -0.2) is 8.42 Å². The molecule has 0 amide bonds. The van der Waals surface area contributed by atoms with E-state index in [4.69, 9.17) is 0 Å². The van der Waals surface area contributed by atoms with Gasteiger partial charge in [0.05, 0.1) is 5.25 Å². The van der Waals surface area contributed by atoms with Crippen LogP contribution in [0.2, 0.25) is 0 Å². The first-order valence-electron chi connectivity index (χ1n) is 10.8. The molecule has 0 radical (unpaired) electrons. The van der Waals surface area contributed by atoms with E-state index in [9.17, 15) is 8.42 Å². The molecule has 3 aromatic rings. The zero-order valence-corrected chi connectivity index (χ0v) is 19.1. The lowest BCUT2D eigenvalue weighted by Gasteiger charge is -2.20. The van der Waals surface area contributed by atoms with Gasteiger partial charge in [0.1, 0.15) is 0 Å². The van der Waals surface area contributed by atoms with Crippen LogP contribution < -0.4 is 0 Å². The second kappa shape index (κ2) is 8.16. The van der Waals surface area contributed by atoms with Crippen molar-refractivity contribution < 1.29 is 8.42 Å². The fourth-order valence-corrected chi connectivity index (χ4v) is 5.76. The lowest BCUT2D eigenvalue weighted by molar-refractivity contribution is 0.449. The quantitative estimate of drug-likeness (QED) is 0.565. The predicted molar refractivity (Wildman–Crippen MR) is 123 cm³/mol. The molecule has 0 spiro atoms. The van der Waals surface area contributed by atoms with Crippen LogP contribution in [0.3, 0.4) is 0 Å². The summed E-state index contributed by atoms with van der Waals surface area (Å²) in [6.07, 6.45) is 7.76. The van der Waals surface area contributed by atoms with Crippen molar-refractivity contribution in [2.45, 2.75) is 51.8 Å². The molecule has 1 aromatic carbocycles. The molecule has 0 saturated carbocycles. The maximum Gasteiger partial charge on any atom is 0.216 e. The zero-order chi connectivity index (χ0) is 21.5. The van der Waals surface area contributed by atoms with Crippen molar-refractivity contribution >= 4 is 20.9 Å². The summed E-state index contributed by atoms with van der Waals surface area (Å²) in [7, 11) is -3.21. The number of hydrogen-bond donors (Lipinski definition) is 0. The molecule has 0 aliphatic carbocycles. The first kappa shape index (κ1) is 21.1. The van der Waals surface area contributed by atoms with Crippen molar-refractivity contribution in [3.63, 3.8) is 0 Å². The van der Waals surface area contributed by atoms with Crippen LogP contribution in [0.15, 0.2) is 48.9 Å². The van der Waals surface area contributed by atoms with Crippen molar-refractivity contribution in [2.75, 3.05) is 13.1 Å². The van der Waals surface area contributed by atoms with Gasteiger partial charge in [0.25, 0.3) is 0 Å². The highest BCUT2D eigenvalue weighted by atomic mass is 32.2. The van der Waals surface area contributed by atoms with E-state index in [2.05, 4.69) is 47.8 Å². The topological polar surface area (TPSA) is 55.2 Å². The highest BCUT2D eigenvalue weighted by molar-refractivity contribution is 7.89. The number of rotatable bonds is 6. The summed E-state index contributed by atoms with van der Waals surface area (Å²) in [6.45, 7) is 9.14. The Morgan fingerprint density at radius 1 is 1.07 bits per heavy atom. The van der Waals surface area contributed by atoms with Crippen LogP contribution >= 0.6 is 0 Å². The number of benzene rings is 1. The first-order valence-corrected chi connectivity index (χ1v) is 12.3. The Morgan fingerprint density at radius 2 is 1.80 bits per heavy atom. The maximum atomic E-state index is 12.6. The largest absolute Gasteiger partial charge is 0.343 e. The van der Waals surface area contributed by atoms with E-state index in [-0.39, 0.29) is 11.3 Å². The van der Waals surface area contributed by atoms with E-state index >= 15 is 0 Å². The number of hydrogen-bond acceptors (Lipinski definition) is 3. The molecule has 4 rings (SSSR count). The Balaban J connectivity index is 1.74. The Labute approximate surface area is 179 Å². The molecule has 30 heavy (non-hydrogen) atoms. The number of pyridine rings is 1. The van der Waals surface area contributed by atoms with Crippen LogP contribution in [0.4, 0.5) is 0 Å². The van der Waals surface area contributed by atoms with Crippen LogP contribution in [0.1, 0.15) is 45.7 Å².